The van der Waals surface area contributed by atoms with Crippen LogP contribution in [0.5, 0.6) is 0 Å². The van der Waals surface area contributed by atoms with Crippen LogP contribution in [-0.2, 0) is 9.53 Å². The molecular formula is C17H19NO2. The highest BCUT2D eigenvalue weighted by Gasteiger charge is 1.87. The van der Waals surface area contributed by atoms with Crippen LogP contribution in [0.1, 0.15) is 5.56 Å². The van der Waals surface area contributed by atoms with Gasteiger partial charge in [-0.15, -0.1) is 0 Å². The molecule has 0 heterocycles. The Morgan fingerprint density at radius 2 is 1.75 bits per heavy atom. The Morgan fingerprint density at radius 1 is 1.20 bits per heavy atom. The molecule has 0 aromatic heterocycles. The molecule has 0 atom stereocenters. The first-order chi connectivity index (χ1) is 9.65. The Labute approximate surface area is 120 Å². The van der Waals surface area contributed by atoms with Crippen molar-refractivity contribution in [1.29, 1.82) is 5.26 Å². The van der Waals surface area contributed by atoms with Crippen molar-refractivity contribution in [3.63, 3.8) is 0 Å². The second-order valence-electron chi connectivity index (χ2n) is 3.07. The maximum Gasteiger partial charge on any atom is 0.330 e. The molecule has 0 N–H and O–H groups in total. The minimum atomic E-state index is -0.412. The molecule has 0 fully saturated rings. The van der Waals surface area contributed by atoms with Crippen LogP contribution in [0, 0.1) is 11.3 Å². The van der Waals surface area contributed by atoms with Crippen LogP contribution >= 0.6 is 0 Å². The van der Waals surface area contributed by atoms with Crippen molar-refractivity contribution in [3.8, 4) is 6.07 Å². The van der Waals surface area contributed by atoms with Crippen LogP contribution in [0.25, 0.3) is 6.08 Å². The third-order valence-electron chi connectivity index (χ3n) is 1.64. The summed E-state index contributed by atoms with van der Waals surface area (Å²) in [6.07, 6.45) is 5.63. The lowest BCUT2D eigenvalue weighted by Gasteiger charge is -1.92. The van der Waals surface area contributed by atoms with E-state index in [0.29, 0.717) is 0 Å². The first-order valence-corrected chi connectivity index (χ1v) is 5.74. The van der Waals surface area contributed by atoms with Gasteiger partial charge in [0, 0.05) is 12.2 Å². The number of benzene rings is 1. The summed E-state index contributed by atoms with van der Waals surface area (Å²) in [4.78, 5) is 10.2. The summed E-state index contributed by atoms with van der Waals surface area (Å²) in [6, 6.07) is 11.7. The maximum absolute atomic E-state index is 10.2. The highest BCUT2D eigenvalue weighted by Crippen LogP contribution is 1.97. The third kappa shape index (κ3) is 15.1. The van der Waals surface area contributed by atoms with Crippen LogP contribution in [0.3, 0.4) is 0 Å². The molecule has 20 heavy (non-hydrogen) atoms. The summed E-state index contributed by atoms with van der Waals surface area (Å²) < 4.78 is 4.47. The number of hydrogen-bond donors (Lipinski definition) is 0. The summed E-state index contributed by atoms with van der Waals surface area (Å²) in [5.41, 5.74) is 1.17. The molecule has 0 radical (unpaired) electrons. The number of allylic oxidation sites excluding steroid dienone is 1. The lowest BCUT2D eigenvalue weighted by Crippen LogP contribution is -1.98. The first-order valence-electron chi connectivity index (χ1n) is 5.74. The van der Waals surface area contributed by atoms with E-state index >= 15 is 0 Å². The van der Waals surface area contributed by atoms with Crippen molar-refractivity contribution in [2.24, 2.45) is 0 Å². The van der Waals surface area contributed by atoms with Gasteiger partial charge in [-0.2, -0.15) is 5.26 Å². The molecule has 0 aliphatic heterocycles. The lowest BCUT2D eigenvalue weighted by atomic mass is 10.2. The molecule has 0 spiro atoms. The number of carbonyl (C=O) groups is 1. The van der Waals surface area contributed by atoms with E-state index in [0.717, 1.165) is 6.08 Å². The van der Waals surface area contributed by atoms with Gasteiger partial charge in [-0.25, -0.2) is 4.79 Å². The average Bonchev–Trinajstić information content (AvgIpc) is 2.54. The van der Waals surface area contributed by atoms with Gasteiger partial charge < -0.3 is 4.74 Å². The molecule has 0 saturated heterocycles. The van der Waals surface area contributed by atoms with Crippen LogP contribution in [-0.4, -0.2) is 12.6 Å². The summed E-state index contributed by atoms with van der Waals surface area (Å²) >= 11 is 0. The Morgan fingerprint density at radius 3 is 2.05 bits per heavy atom. The van der Waals surface area contributed by atoms with E-state index in [2.05, 4.69) is 31.1 Å². The van der Waals surface area contributed by atoms with Gasteiger partial charge in [-0.05, 0) is 5.56 Å². The largest absolute Gasteiger partial charge is 0.458 e. The quantitative estimate of drug-likeness (QED) is 0.360. The predicted molar refractivity (Wildman–Crippen MR) is 83.7 cm³/mol. The van der Waals surface area contributed by atoms with E-state index in [1.54, 1.807) is 6.07 Å². The molecule has 3 heteroatoms. The number of rotatable bonds is 4. The minimum absolute atomic E-state index is 0.255. The second kappa shape index (κ2) is 16.1. The smallest absolute Gasteiger partial charge is 0.330 e. The fraction of sp³-hybridized carbons (Fsp3) is 0.0588. The van der Waals surface area contributed by atoms with E-state index in [-0.39, 0.29) is 6.61 Å². The summed E-state index contributed by atoms with van der Waals surface area (Å²) in [6.45, 7) is 13.6. The van der Waals surface area contributed by atoms with Crippen molar-refractivity contribution in [2.75, 3.05) is 6.61 Å². The zero-order valence-electron chi connectivity index (χ0n) is 11.5. The van der Waals surface area contributed by atoms with Gasteiger partial charge >= 0.3 is 5.97 Å². The topological polar surface area (TPSA) is 50.1 Å². The number of hydrogen-bond acceptors (Lipinski definition) is 3. The average molecular weight is 269 g/mol. The first kappa shape index (κ1) is 19.5. The van der Waals surface area contributed by atoms with Crippen molar-refractivity contribution >= 4 is 12.0 Å². The molecule has 0 unspecified atom stereocenters. The van der Waals surface area contributed by atoms with Crippen LogP contribution in [0.15, 0.2) is 74.9 Å². The summed E-state index contributed by atoms with van der Waals surface area (Å²) in [7, 11) is 0. The molecule has 1 aromatic carbocycles. The minimum Gasteiger partial charge on any atom is -0.458 e. The lowest BCUT2D eigenvalue weighted by molar-refractivity contribution is -0.136. The van der Waals surface area contributed by atoms with E-state index in [9.17, 15) is 4.79 Å². The Hall–Kier alpha value is -2.86. The van der Waals surface area contributed by atoms with Crippen LogP contribution in [0.2, 0.25) is 0 Å². The standard InChI is InChI=1S/C8H8.C6H8O2.C3H3N/c1-2-8-6-4-3-5-7-8;1-3-5-8-6(7)4-2;1-2-3-4/h2-7H,1H2;3-4H,1-2,5H2;2H,1H2. The highest BCUT2D eigenvalue weighted by atomic mass is 16.5. The molecule has 0 aliphatic rings. The SMILES string of the molecule is C=CC#N.C=CCOC(=O)C=C.C=Cc1ccccc1. The molecule has 1 rings (SSSR count). The number of nitriles is 1. The van der Waals surface area contributed by atoms with Gasteiger partial charge in [0.25, 0.3) is 0 Å². The summed E-state index contributed by atoms with van der Waals surface area (Å²) in [5.74, 6) is -0.412. The fourth-order valence-electron chi connectivity index (χ4n) is 0.789. The molecule has 3 nitrogen and oxygen atoms in total. The number of esters is 1. The molecule has 0 bridgehead atoms. The van der Waals surface area contributed by atoms with Crippen molar-refractivity contribution in [3.05, 3.63) is 80.4 Å². The molecule has 0 saturated carbocycles. The van der Waals surface area contributed by atoms with Crippen molar-refractivity contribution in [2.45, 2.75) is 0 Å². The number of carbonyl (C=O) groups excluding carboxylic acids is 1. The Bertz CT molecular complexity index is 456. The van der Waals surface area contributed by atoms with Gasteiger partial charge in [0.15, 0.2) is 0 Å². The van der Waals surface area contributed by atoms with Gasteiger partial charge in [0.1, 0.15) is 6.61 Å². The summed E-state index contributed by atoms with van der Waals surface area (Å²) in [5, 5.41) is 7.51. The molecule has 0 amide bonds. The Balaban J connectivity index is 0. The highest BCUT2D eigenvalue weighted by molar-refractivity contribution is 5.81. The van der Waals surface area contributed by atoms with Gasteiger partial charge in [0.05, 0.1) is 6.07 Å². The molecule has 0 aliphatic carbocycles. The van der Waals surface area contributed by atoms with Crippen LogP contribution in [0.4, 0.5) is 0 Å². The van der Waals surface area contributed by atoms with E-state index < -0.39 is 5.97 Å². The normalized spacial score (nSPS) is 7.15. The molecule has 1 aromatic rings. The number of nitrogens with zero attached hydrogens (tertiary/aromatic N) is 1. The van der Waals surface area contributed by atoms with Crippen LogP contribution < -0.4 is 0 Å². The zero-order chi connectivity index (χ0) is 15.6. The van der Waals surface area contributed by atoms with Crippen molar-refractivity contribution in [1.82, 2.24) is 0 Å². The third-order valence-corrected chi connectivity index (χ3v) is 1.64. The van der Waals surface area contributed by atoms with Gasteiger partial charge in [-0.1, -0.05) is 68.8 Å². The Kier molecular flexibility index (Phi) is 15.7. The van der Waals surface area contributed by atoms with Crippen molar-refractivity contribution < 1.29 is 9.53 Å². The monoisotopic (exact) mass is 269 g/mol. The van der Waals surface area contributed by atoms with Gasteiger partial charge in [0.2, 0.25) is 0 Å². The van der Waals surface area contributed by atoms with E-state index in [4.69, 9.17) is 5.26 Å². The van der Waals surface area contributed by atoms with Gasteiger partial charge in [-0.3, -0.25) is 0 Å². The molecule has 104 valence electrons. The molecular weight excluding hydrogens is 250 g/mol. The maximum atomic E-state index is 10.2. The fourth-order valence-corrected chi connectivity index (χ4v) is 0.789. The van der Waals surface area contributed by atoms with E-state index in [1.165, 1.54) is 17.7 Å². The van der Waals surface area contributed by atoms with E-state index in [1.807, 2.05) is 36.4 Å². The number of ether oxygens (including phenoxy) is 1. The second-order valence-corrected chi connectivity index (χ2v) is 3.07. The predicted octanol–water partition coefficient (Wildman–Crippen LogP) is 3.93. The zero-order valence-corrected chi connectivity index (χ0v) is 11.5.